The van der Waals surface area contributed by atoms with Crippen LogP contribution in [0.4, 0.5) is 0 Å². The number of nitrogens with zero attached hydrogens (tertiary/aromatic N) is 1. The number of aliphatic carboxylic acids is 1. The van der Waals surface area contributed by atoms with Crippen LogP contribution in [0.1, 0.15) is 5.56 Å². The lowest BCUT2D eigenvalue weighted by Gasteiger charge is -2.02. The molecule has 0 aromatic carbocycles. The molecule has 5 heteroatoms. The molecule has 0 amide bonds. The van der Waals surface area contributed by atoms with Gasteiger partial charge in [-0.15, -0.1) is 0 Å². The van der Waals surface area contributed by atoms with Gasteiger partial charge in [0.25, 0.3) is 0 Å². The molecule has 1 aromatic heterocycles. The number of hydrogen-bond donors (Lipinski definition) is 2. The average Bonchev–Trinajstić information content (AvgIpc) is 2.08. The van der Waals surface area contributed by atoms with Crippen LogP contribution in [0.2, 0.25) is 5.15 Å². The van der Waals surface area contributed by atoms with Crippen molar-refractivity contribution in [1.82, 2.24) is 10.3 Å². The van der Waals surface area contributed by atoms with Gasteiger partial charge in [-0.25, -0.2) is 4.98 Å². The summed E-state index contributed by atoms with van der Waals surface area (Å²) in [7, 11) is 0. The fraction of sp³-hybridized carbons (Fsp3) is 0.250. The maximum absolute atomic E-state index is 10.2. The Bertz CT molecular complexity index is 304. The first-order chi connectivity index (χ1) is 6.20. The smallest absolute Gasteiger partial charge is 0.317 e. The Balaban J connectivity index is 2.45. The first-order valence-corrected chi connectivity index (χ1v) is 4.10. The van der Waals surface area contributed by atoms with Crippen molar-refractivity contribution in [2.45, 2.75) is 6.54 Å². The van der Waals surface area contributed by atoms with Crippen molar-refractivity contribution in [3.63, 3.8) is 0 Å². The van der Waals surface area contributed by atoms with Crippen LogP contribution in [0.25, 0.3) is 0 Å². The summed E-state index contributed by atoms with van der Waals surface area (Å²) in [6.45, 7) is 0.337. The second-order valence-corrected chi connectivity index (χ2v) is 2.81. The van der Waals surface area contributed by atoms with Gasteiger partial charge in [-0.3, -0.25) is 4.79 Å². The number of carboxylic acids is 1. The van der Waals surface area contributed by atoms with Crippen LogP contribution in [0.3, 0.4) is 0 Å². The Morgan fingerprint density at radius 3 is 3.08 bits per heavy atom. The lowest BCUT2D eigenvalue weighted by Crippen LogP contribution is -2.22. The summed E-state index contributed by atoms with van der Waals surface area (Å²) in [6.07, 6.45) is 1.59. The molecule has 0 fully saturated rings. The standard InChI is InChI=1S/C8H9ClN2O2/c9-8-6(2-1-3-11-8)4-10-5-7(12)13/h1-3,10H,4-5H2,(H,12,13). The Kier molecular flexibility index (Phi) is 3.67. The highest BCUT2D eigenvalue weighted by Gasteiger charge is 2.00. The van der Waals surface area contributed by atoms with Gasteiger partial charge in [-0.2, -0.15) is 0 Å². The zero-order chi connectivity index (χ0) is 9.68. The summed E-state index contributed by atoms with van der Waals surface area (Å²) in [6, 6.07) is 3.55. The summed E-state index contributed by atoms with van der Waals surface area (Å²) in [5, 5.41) is 11.5. The van der Waals surface area contributed by atoms with Crippen LogP contribution < -0.4 is 5.32 Å². The summed E-state index contributed by atoms with van der Waals surface area (Å²) in [4.78, 5) is 14.0. The lowest BCUT2D eigenvalue weighted by atomic mass is 10.3. The van der Waals surface area contributed by atoms with Crippen molar-refractivity contribution in [3.05, 3.63) is 29.0 Å². The fourth-order valence-corrected chi connectivity index (χ4v) is 1.04. The highest BCUT2D eigenvalue weighted by molar-refractivity contribution is 6.30. The first-order valence-electron chi connectivity index (χ1n) is 3.72. The zero-order valence-corrected chi connectivity index (χ0v) is 7.58. The van der Waals surface area contributed by atoms with E-state index in [1.54, 1.807) is 18.3 Å². The van der Waals surface area contributed by atoms with Crippen molar-refractivity contribution >= 4 is 17.6 Å². The molecule has 70 valence electrons. The van der Waals surface area contributed by atoms with Gasteiger partial charge in [0.15, 0.2) is 0 Å². The number of nitrogens with one attached hydrogen (secondary N) is 1. The molecule has 13 heavy (non-hydrogen) atoms. The minimum Gasteiger partial charge on any atom is -0.480 e. The van der Waals surface area contributed by atoms with Crippen LogP contribution in [0.15, 0.2) is 18.3 Å². The molecule has 1 rings (SSSR count). The molecule has 0 aliphatic heterocycles. The number of aromatic nitrogens is 1. The third-order valence-corrected chi connectivity index (χ3v) is 1.77. The third-order valence-electron chi connectivity index (χ3n) is 1.43. The monoisotopic (exact) mass is 200 g/mol. The Morgan fingerprint density at radius 1 is 1.69 bits per heavy atom. The van der Waals surface area contributed by atoms with Gasteiger partial charge in [-0.1, -0.05) is 17.7 Å². The number of rotatable bonds is 4. The molecule has 0 unspecified atom stereocenters. The van der Waals surface area contributed by atoms with Crippen LogP contribution in [-0.4, -0.2) is 22.6 Å². The third kappa shape index (κ3) is 3.40. The van der Waals surface area contributed by atoms with E-state index < -0.39 is 5.97 Å². The van der Waals surface area contributed by atoms with Gasteiger partial charge in [0.2, 0.25) is 0 Å². The number of carbonyl (C=O) groups is 1. The molecule has 0 saturated heterocycles. The second-order valence-electron chi connectivity index (χ2n) is 2.45. The summed E-state index contributed by atoms with van der Waals surface area (Å²) < 4.78 is 0. The van der Waals surface area contributed by atoms with Crippen LogP contribution >= 0.6 is 11.6 Å². The quantitative estimate of drug-likeness (QED) is 0.710. The van der Waals surface area contributed by atoms with Gasteiger partial charge < -0.3 is 10.4 Å². The Labute approximate surface area is 80.6 Å². The largest absolute Gasteiger partial charge is 0.480 e. The van der Waals surface area contributed by atoms with E-state index in [-0.39, 0.29) is 6.54 Å². The highest BCUT2D eigenvalue weighted by atomic mass is 35.5. The van der Waals surface area contributed by atoms with Crippen molar-refractivity contribution in [3.8, 4) is 0 Å². The minimum atomic E-state index is -0.889. The predicted octanol–water partition coefficient (Wildman–Crippen LogP) is 0.909. The molecule has 1 aromatic rings. The van der Waals surface area contributed by atoms with E-state index in [0.717, 1.165) is 5.56 Å². The van der Waals surface area contributed by atoms with Crippen molar-refractivity contribution in [1.29, 1.82) is 0 Å². The molecule has 0 aliphatic carbocycles. The molecule has 0 radical (unpaired) electrons. The van der Waals surface area contributed by atoms with Gasteiger partial charge in [0, 0.05) is 18.3 Å². The molecule has 1 heterocycles. The second kappa shape index (κ2) is 4.79. The van der Waals surface area contributed by atoms with E-state index in [4.69, 9.17) is 16.7 Å². The van der Waals surface area contributed by atoms with Gasteiger partial charge >= 0.3 is 5.97 Å². The van der Waals surface area contributed by atoms with Crippen molar-refractivity contribution in [2.75, 3.05) is 6.54 Å². The molecule has 0 atom stereocenters. The van der Waals surface area contributed by atoms with Crippen LogP contribution in [0.5, 0.6) is 0 Å². The van der Waals surface area contributed by atoms with E-state index in [2.05, 4.69) is 10.3 Å². The predicted molar refractivity (Wildman–Crippen MR) is 48.6 cm³/mol. The SMILES string of the molecule is O=C(O)CNCc1cccnc1Cl. The summed E-state index contributed by atoms with van der Waals surface area (Å²) in [5.74, 6) is -0.889. The summed E-state index contributed by atoms with van der Waals surface area (Å²) in [5.41, 5.74) is 0.797. The number of halogens is 1. The number of carboxylic acid groups (broad SMARTS) is 1. The topological polar surface area (TPSA) is 62.2 Å². The Hall–Kier alpha value is -1.13. The van der Waals surface area contributed by atoms with E-state index >= 15 is 0 Å². The molecule has 4 nitrogen and oxygen atoms in total. The molecule has 2 N–H and O–H groups in total. The van der Waals surface area contributed by atoms with Crippen molar-refractivity contribution in [2.24, 2.45) is 0 Å². The molecule has 0 bridgehead atoms. The van der Waals surface area contributed by atoms with E-state index in [1.807, 2.05) is 0 Å². The van der Waals surface area contributed by atoms with Crippen LogP contribution in [0, 0.1) is 0 Å². The van der Waals surface area contributed by atoms with E-state index in [9.17, 15) is 4.79 Å². The molecular weight excluding hydrogens is 192 g/mol. The van der Waals surface area contributed by atoms with E-state index in [0.29, 0.717) is 11.7 Å². The first kappa shape index (κ1) is 9.95. The summed E-state index contributed by atoms with van der Waals surface area (Å²) >= 11 is 5.74. The van der Waals surface area contributed by atoms with Crippen LogP contribution in [-0.2, 0) is 11.3 Å². The zero-order valence-electron chi connectivity index (χ0n) is 6.83. The molecule has 0 saturated carbocycles. The highest BCUT2D eigenvalue weighted by Crippen LogP contribution is 2.10. The van der Waals surface area contributed by atoms with E-state index in [1.165, 1.54) is 0 Å². The number of hydrogen-bond acceptors (Lipinski definition) is 3. The fourth-order valence-electron chi connectivity index (χ4n) is 0.855. The molecule has 0 spiro atoms. The maximum Gasteiger partial charge on any atom is 0.317 e. The molecule has 0 aliphatic rings. The average molecular weight is 201 g/mol. The number of pyridine rings is 1. The van der Waals surface area contributed by atoms with Crippen molar-refractivity contribution < 1.29 is 9.90 Å². The van der Waals surface area contributed by atoms with Gasteiger partial charge in [0.05, 0.1) is 6.54 Å². The lowest BCUT2D eigenvalue weighted by molar-refractivity contribution is -0.135. The molecular formula is C8H9ClN2O2. The maximum atomic E-state index is 10.2. The van der Waals surface area contributed by atoms with Gasteiger partial charge in [0.1, 0.15) is 5.15 Å². The minimum absolute atomic E-state index is 0.0782. The van der Waals surface area contributed by atoms with Gasteiger partial charge in [-0.05, 0) is 6.07 Å². The normalized spacial score (nSPS) is 9.92. The Morgan fingerprint density at radius 2 is 2.46 bits per heavy atom.